The molecule has 0 amide bonds. The summed E-state index contributed by atoms with van der Waals surface area (Å²) in [5.74, 6) is 4.38. The molecular formula is C17H19N7. The number of allylic oxidation sites excluding steroid dienone is 2. The van der Waals surface area contributed by atoms with Crippen LogP contribution in [-0.4, -0.2) is 34.7 Å². The van der Waals surface area contributed by atoms with E-state index >= 15 is 0 Å². The van der Waals surface area contributed by atoms with E-state index in [0.29, 0.717) is 17.8 Å². The molecule has 7 heteroatoms. The number of nitrogens with one attached hydrogen (secondary N) is 1. The first kappa shape index (κ1) is 13.7. The molecule has 0 aromatic carbocycles. The van der Waals surface area contributed by atoms with E-state index in [9.17, 15) is 0 Å². The molecule has 24 heavy (non-hydrogen) atoms. The van der Waals surface area contributed by atoms with E-state index in [0.717, 1.165) is 35.1 Å². The molecule has 1 N–H and O–H groups in total. The molecule has 0 spiro atoms. The molecule has 2 aliphatic carbocycles. The van der Waals surface area contributed by atoms with Crippen LogP contribution in [0.15, 0.2) is 30.6 Å². The summed E-state index contributed by atoms with van der Waals surface area (Å²) >= 11 is 0. The predicted molar refractivity (Wildman–Crippen MR) is 88.5 cm³/mol. The molecule has 0 radical (unpaired) electrons. The lowest BCUT2D eigenvalue weighted by molar-refractivity contribution is 0.529. The molecule has 0 unspecified atom stereocenters. The quantitative estimate of drug-likeness (QED) is 0.751. The van der Waals surface area contributed by atoms with Gasteiger partial charge in [0.2, 0.25) is 0 Å². The standard InChI is InChI=1S/C17H19N7/c1-10-14(9-18-21-10)16-20-17(13-8-11-3-4-12(13)7-11)24(22-16)15-5-6-19-23(15)2/h3-6,9,11-13H,7-8H2,1-2H3,(H,18,21)/t11-,12+,13+/m1/s1. The zero-order valence-corrected chi connectivity index (χ0v) is 13.7. The number of rotatable bonds is 3. The normalized spacial score (nSPS) is 25.0. The van der Waals surface area contributed by atoms with Gasteiger partial charge in [-0.2, -0.15) is 14.9 Å². The third-order valence-electron chi connectivity index (χ3n) is 5.33. The summed E-state index contributed by atoms with van der Waals surface area (Å²) in [7, 11) is 1.93. The summed E-state index contributed by atoms with van der Waals surface area (Å²) in [5, 5.41) is 16.2. The van der Waals surface area contributed by atoms with E-state index in [1.165, 1.54) is 6.42 Å². The highest BCUT2D eigenvalue weighted by Gasteiger charge is 2.40. The van der Waals surface area contributed by atoms with Gasteiger partial charge in [0.15, 0.2) is 11.6 Å². The number of aromatic amines is 1. The highest BCUT2D eigenvalue weighted by molar-refractivity contribution is 5.56. The second-order valence-electron chi connectivity index (χ2n) is 6.81. The molecule has 3 aromatic rings. The molecule has 122 valence electrons. The van der Waals surface area contributed by atoms with Crippen molar-refractivity contribution >= 4 is 0 Å². The molecule has 5 rings (SSSR count). The van der Waals surface area contributed by atoms with Crippen molar-refractivity contribution in [1.29, 1.82) is 0 Å². The lowest BCUT2D eigenvalue weighted by Crippen LogP contribution is -2.15. The van der Waals surface area contributed by atoms with E-state index in [4.69, 9.17) is 10.1 Å². The van der Waals surface area contributed by atoms with Crippen LogP contribution in [0.5, 0.6) is 0 Å². The highest BCUT2D eigenvalue weighted by Crippen LogP contribution is 2.48. The fourth-order valence-corrected chi connectivity index (χ4v) is 4.08. The Morgan fingerprint density at radius 1 is 1.25 bits per heavy atom. The number of hydrogen-bond donors (Lipinski definition) is 1. The Bertz CT molecular complexity index is 929. The minimum atomic E-state index is 0.420. The Morgan fingerprint density at radius 3 is 2.79 bits per heavy atom. The van der Waals surface area contributed by atoms with Crippen molar-refractivity contribution in [3.63, 3.8) is 0 Å². The third kappa shape index (κ3) is 1.90. The molecule has 0 saturated heterocycles. The highest BCUT2D eigenvalue weighted by atomic mass is 15.4. The van der Waals surface area contributed by atoms with E-state index in [2.05, 4.69) is 27.4 Å². The maximum absolute atomic E-state index is 4.93. The van der Waals surface area contributed by atoms with Crippen molar-refractivity contribution in [2.75, 3.05) is 0 Å². The smallest absolute Gasteiger partial charge is 0.185 e. The van der Waals surface area contributed by atoms with Crippen LogP contribution in [-0.2, 0) is 7.05 Å². The van der Waals surface area contributed by atoms with Crippen LogP contribution in [0, 0.1) is 18.8 Å². The Balaban J connectivity index is 1.67. The maximum atomic E-state index is 4.93. The molecule has 2 bridgehead atoms. The first-order valence-electron chi connectivity index (χ1n) is 8.34. The van der Waals surface area contributed by atoms with Gasteiger partial charge in [-0.1, -0.05) is 12.2 Å². The number of aryl methyl sites for hydroxylation is 2. The van der Waals surface area contributed by atoms with Gasteiger partial charge in [-0.05, 0) is 31.6 Å². The van der Waals surface area contributed by atoms with E-state index < -0.39 is 0 Å². The summed E-state index contributed by atoms with van der Waals surface area (Å²) < 4.78 is 3.81. The minimum absolute atomic E-state index is 0.420. The van der Waals surface area contributed by atoms with Crippen LogP contribution in [0.2, 0.25) is 0 Å². The Hall–Kier alpha value is -2.70. The number of fused-ring (bicyclic) bond motifs is 2. The summed E-state index contributed by atoms with van der Waals surface area (Å²) in [6.07, 6.45) is 10.7. The fraction of sp³-hybridized carbons (Fsp3) is 0.412. The average molecular weight is 321 g/mol. The number of H-pyrrole nitrogens is 1. The molecular weight excluding hydrogens is 302 g/mol. The van der Waals surface area contributed by atoms with Gasteiger partial charge in [0.1, 0.15) is 5.82 Å². The molecule has 7 nitrogen and oxygen atoms in total. The second kappa shape index (κ2) is 4.90. The van der Waals surface area contributed by atoms with Crippen LogP contribution >= 0.6 is 0 Å². The summed E-state index contributed by atoms with van der Waals surface area (Å²) in [6, 6.07) is 1.98. The SMILES string of the molecule is Cc1[nH]ncc1-c1nc([C@H]2C[C@@H]3C=C[C@H]2C3)n(-c2ccnn2C)n1. The monoisotopic (exact) mass is 321 g/mol. The average Bonchev–Trinajstić information content (AvgIpc) is 3.35. The van der Waals surface area contributed by atoms with Gasteiger partial charge in [-0.25, -0.2) is 4.98 Å². The van der Waals surface area contributed by atoms with Crippen molar-refractivity contribution in [3.05, 3.63) is 42.1 Å². The molecule has 2 aliphatic rings. The van der Waals surface area contributed by atoms with Crippen molar-refractivity contribution in [2.45, 2.75) is 25.7 Å². The maximum Gasteiger partial charge on any atom is 0.185 e. The van der Waals surface area contributed by atoms with Crippen molar-refractivity contribution < 1.29 is 0 Å². The van der Waals surface area contributed by atoms with Gasteiger partial charge in [0, 0.05) is 24.7 Å². The number of aromatic nitrogens is 7. The molecule has 0 aliphatic heterocycles. The van der Waals surface area contributed by atoms with Gasteiger partial charge in [-0.15, -0.1) is 5.10 Å². The van der Waals surface area contributed by atoms with Crippen molar-refractivity contribution in [2.24, 2.45) is 18.9 Å². The third-order valence-corrected chi connectivity index (χ3v) is 5.33. The molecule has 3 atom stereocenters. The van der Waals surface area contributed by atoms with Gasteiger partial charge >= 0.3 is 0 Å². The summed E-state index contributed by atoms with van der Waals surface area (Å²) in [4.78, 5) is 4.93. The second-order valence-corrected chi connectivity index (χ2v) is 6.81. The predicted octanol–water partition coefficient (Wildman–Crippen LogP) is 2.38. The Labute approximate surface area is 139 Å². The Morgan fingerprint density at radius 2 is 2.17 bits per heavy atom. The summed E-state index contributed by atoms with van der Waals surface area (Å²) in [5.41, 5.74) is 1.94. The topological polar surface area (TPSA) is 77.2 Å². The fourth-order valence-electron chi connectivity index (χ4n) is 4.08. The van der Waals surface area contributed by atoms with E-state index in [1.807, 2.05) is 29.4 Å². The van der Waals surface area contributed by atoms with E-state index in [1.54, 1.807) is 12.4 Å². The van der Waals surface area contributed by atoms with Crippen LogP contribution in [0.3, 0.4) is 0 Å². The number of hydrogen-bond acceptors (Lipinski definition) is 4. The molecule has 1 fully saturated rings. The van der Waals surface area contributed by atoms with E-state index in [-0.39, 0.29) is 0 Å². The minimum Gasteiger partial charge on any atom is -0.282 e. The van der Waals surface area contributed by atoms with Gasteiger partial charge in [0.05, 0.1) is 18.0 Å². The zero-order valence-electron chi connectivity index (χ0n) is 13.7. The molecule has 3 heterocycles. The van der Waals surface area contributed by atoms with Crippen LogP contribution in [0.1, 0.15) is 30.3 Å². The molecule has 3 aromatic heterocycles. The first-order chi connectivity index (χ1) is 11.7. The number of nitrogens with zero attached hydrogens (tertiary/aromatic N) is 6. The van der Waals surface area contributed by atoms with Gasteiger partial charge < -0.3 is 0 Å². The first-order valence-corrected chi connectivity index (χ1v) is 8.34. The van der Waals surface area contributed by atoms with Gasteiger partial charge in [0.25, 0.3) is 0 Å². The molecule has 1 saturated carbocycles. The van der Waals surface area contributed by atoms with Crippen LogP contribution in [0.25, 0.3) is 17.2 Å². The summed E-state index contributed by atoms with van der Waals surface area (Å²) in [6.45, 7) is 1.99. The lowest BCUT2D eigenvalue weighted by atomic mass is 9.93. The van der Waals surface area contributed by atoms with Gasteiger partial charge in [-0.3, -0.25) is 9.78 Å². The van der Waals surface area contributed by atoms with Crippen molar-refractivity contribution in [1.82, 2.24) is 34.7 Å². The zero-order chi connectivity index (χ0) is 16.3. The lowest BCUT2D eigenvalue weighted by Gasteiger charge is -2.17. The van der Waals surface area contributed by atoms with Crippen LogP contribution < -0.4 is 0 Å². The van der Waals surface area contributed by atoms with Crippen molar-refractivity contribution in [3.8, 4) is 17.2 Å². The largest absolute Gasteiger partial charge is 0.282 e. The Kier molecular flexibility index (Phi) is 2.80. The van der Waals surface area contributed by atoms with Crippen LogP contribution in [0.4, 0.5) is 0 Å².